The molecule has 0 bridgehead atoms. The number of fused-ring (bicyclic) bond motifs is 1. The number of nitrogens with zero attached hydrogens (tertiary/aromatic N) is 1. The van der Waals surface area contributed by atoms with Crippen molar-refractivity contribution in [1.82, 2.24) is 9.97 Å². The van der Waals surface area contributed by atoms with Crippen LogP contribution >= 0.6 is 0 Å². The zero-order chi connectivity index (χ0) is 17.2. The highest BCUT2D eigenvalue weighted by Crippen LogP contribution is 2.20. The molecule has 0 aliphatic rings. The zero-order valence-corrected chi connectivity index (χ0v) is 13.6. The number of imidazole rings is 1. The van der Waals surface area contributed by atoms with E-state index in [0.29, 0.717) is 22.3 Å². The van der Waals surface area contributed by atoms with Crippen LogP contribution in [-0.4, -0.2) is 31.0 Å². The molecule has 7 nitrogen and oxygen atoms in total. The number of rotatable bonds is 5. The molecule has 8 heteroatoms. The molecule has 3 aromatic rings. The Labute approximate surface area is 138 Å². The van der Waals surface area contributed by atoms with Gasteiger partial charge < -0.3 is 9.72 Å². The van der Waals surface area contributed by atoms with E-state index in [1.807, 2.05) is 0 Å². The van der Waals surface area contributed by atoms with Gasteiger partial charge in [-0.3, -0.25) is 4.72 Å². The van der Waals surface area contributed by atoms with Crippen molar-refractivity contribution in [3.8, 4) is 0 Å². The van der Waals surface area contributed by atoms with Crippen molar-refractivity contribution in [2.24, 2.45) is 0 Å². The van der Waals surface area contributed by atoms with Crippen LogP contribution in [0, 0.1) is 0 Å². The van der Waals surface area contributed by atoms with Crippen LogP contribution in [0.25, 0.3) is 11.0 Å². The molecule has 24 heavy (non-hydrogen) atoms. The molecule has 0 spiro atoms. The standard InChI is InChI=1S/C16H15N3O4S/c1-2-23-16(20)11-3-5-12(6-4-11)19-24(21,22)13-7-8-14-15(9-13)18-10-17-14/h3-10,19H,2H2,1H3,(H,17,18). The summed E-state index contributed by atoms with van der Waals surface area (Å²) in [5.41, 5.74) is 2.04. The van der Waals surface area contributed by atoms with Gasteiger partial charge in [0.1, 0.15) is 0 Å². The Bertz CT molecular complexity index is 978. The smallest absolute Gasteiger partial charge is 0.338 e. The van der Waals surface area contributed by atoms with Gasteiger partial charge in [-0.2, -0.15) is 0 Å². The van der Waals surface area contributed by atoms with Gasteiger partial charge in [0.15, 0.2) is 0 Å². The lowest BCUT2D eigenvalue weighted by Crippen LogP contribution is -2.13. The van der Waals surface area contributed by atoms with Gasteiger partial charge in [-0.25, -0.2) is 18.2 Å². The third-order valence-corrected chi connectivity index (χ3v) is 4.73. The van der Waals surface area contributed by atoms with Crippen LogP contribution in [0.2, 0.25) is 0 Å². The fraction of sp³-hybridized carbons (Fsp3) is 0.125. The monoisotopic (exact) mass is 345 g/mol. The summed E-state index contributed by atoms with van der Waals surface area (Å²) in [6.07, 6.45) is 1.50. The number of sulfonamides is 1. The van der Waals surface area contributed by atoms with Crippen molar-refractivity contribution in [2.45, 2.75) is 11.8 Å². The Morgan fingerprint density at radius 1 is 1.21 bits per heavy atom. The summed E-state index contributed by atoms with van der Waals surface area (Å²) in [5.74, 6) is -0.448. The molecule has 2 N–H and O–H groups in total. The molecule has 0 atom stereocenters. The minimum Gasteiger partial charge on any atom is -0.462 e. The first kappa shape index (κ1) is 16.0. The van der Waals surface area contributed by atoms with Crippen LogP contribution in [0.1, 0.15) is 17.3 Å². The summed E-state index contributed by atoms with van der Waals surface area (Å²) < 4.78 is 32.3. The molecular weight excluding hydrogens is 330 g/mol. The van der Waals surface area contributed by atoms with E-state index in [4.69, 9.17) is 4.74 Å². The van der Waals surface area contributed by atoms with Gasteiger partial charge in [-0.15, -0.1) is 0 Å². The van der Waals surface area contributed by atoms with E-state index in [1.165, 1.54) is 42.7 Å². The molecule has 0 aliphatic heterocycles. The van der Waals surface area contributed by atoms with Crippen LogP contribution in [0.15, 0.2) is 53.7 Å². The summed E-state index contributed by atoms with van der Waals surface area (Å²) in [4.78, 5) is 18.6. The molecule has 0 amide bonds. The highest BCUT2D eigenvalue weighted by Gasteiger charge is 2.16. The van der Waals surface area contributed by atoms with Crippen molar-refractivity contribution in [3.05, 3.63) is 54.4 Å². The highest BCUT2D eigenvalue weighted by atomic mass is 32.2. The predicted molar refractivity (Wildman–Crippen MR) is 89.3 cm³/mol. The first-order valence-electron chi connectivity index (χ1n) is 7.23. The quantitative estimate of drug-likeness (QED) is 0.692. The van der Waals surface area contributed by atoms with E-state index in [-0.39, 0.29) is 11.5 Å². The highest BCUT2D eigenvalue weighted by molar-refractivity contribution is 7.92. The van der Waals surface area contributed by atoms with Gasteiger partial charge in [-0.05, 0) is 49.4 Å². The average Bonchev–Trinajstić information content (AvgIpc) is 3.03. The summed E-state index contributed by atoms with van der Waals surface area (Å²) in [6.45, 7) is 2.00. The zero-order valence-electron chi connectivity index (χ0n) is 12.8. The number of H-pyrrole nitrogens is 1. The Hall–Kier alpha value is -2.87. The third-order valence-electron chi connectivity index (χ3n) is 3.35. The van der Waals surface area contributed by atoms with E-state index < -0.39 is 16.0 Å². The van der Waals surface area contributed by atoms with Gasteiger partial charge >= 0.3 is 5.97 Å². The molecule has 0 radical (unpaired) electrons. The molecule has 0 unspecified atom stereocenters. The fourth-order valence-corrected chi connectivity index (χ4v) is 3.27. The topological polar surface area (TPSA) is 101 Å². The van der Waals surface area contributed by atoms with Crippen LogP contribution in [-0.2, 0) is 14.8 Å². The number of aromatic nitrogens is 2. The molecule has 124 valence electrons. The third kappa shape index (κ3) is 3.23. The minimum atomic E-state index is -3.74. The first-order valence-corrected chi connectivity index (χ1v) is 8.71. The van der Waals surface area contributed by atoms with Gasteiger partial charge in [-0.1, -0.05) is 0 Å². The first-order chi connectivity index (χ1) is 11.5. The van der Waals surface area contributed by atoms with Crippen molar-refractivity contribution < 1.29 is 17.9 Å². The molecule has 2 aromatic carbocycles. The van der Waals surface area contributed by atoms with E-state index in [0.717, 1.165) is 0 Å². The fourth-order valence-electron chi connectivity index (χ4n) is 2.18. The van der Waals surface area contributed by atoms with Crippen molar-refractivity contribution >= 4 is 32.7 Å². The van der Waals surface area contributed by atoms with Crippen molar-refractivity contribution in [3.63, 3.8) is 0 Å². The van der Waals surface area contributed by atoms with Gasteiger partial charge in [0.05, 0.1) is 34.4 Å². The van der Waals surface area contributed by atoms with Crippen LogP contribution in [0.3, 0.4) is 0 Å². The number of hydrogen-bond acceptors (Lipinski definition) is 5. The van der Waals surface area contributed by atoms with Gasteiger partial charge in [0.25, 0.3) is 10.0 Å². The normalized spacial score (nSPS) is 11.4. The SMILES string of the molecule is CCOC(=O)c1ccc(NS(=O)(=O)c2ccc3nc[nH]c3c2)cc1. The minimum absolute atomic E-state index is 0.119. The van der Waals surface area contributed by atoms with E-state index >= 15 is 0 Å². The molecule has 0 aliphatic carbocycles. The largest absolute Gasteiger partial charge is 0.462 e. The number of anilines is 1. The van der Waals surface area contributed by atoms with E-state index in [9.17, 15) is 13.2 Å². The van der Waals surface area contributed by atoms with Crippen LogP contribution < -0.4 is 4.72 Å². The Morgan fingerprint density at radius 3 is 2.67 bits per heavy atom. The number of hydrogen-bond donors (Lipinski definition) is 2. The van der Waals surface area contributed by atoms with Crippen molar-refractivity contribution in [1.29, 1.82) is 0 Å². The summed E-state index contributed by atoms with van der Waals surface area (Å²) in [7, 11) is -3.74. The maximum atomic E-state index is 12.5. The summed E-state index contributed by atoms with van der Waals surface area (Å²) >= 11 is 0. The van der Waals surface area contributed by atoms with Gasteiger partial charge in [0, 0.05) is 5.69 Å². The number of benzene rings is 2. The van der Waals surface area contributed by atoms with E-state index in [1.54, 1.807) is 13.0 Å². The van der Waals surface area contributed by atoms with Crippen LogP contribution in [0.4, 0.5) is 5.69 Å². The lowest BCUT2D eigenvalue weighted by Gasteiger charge is -2.09. The lowest BCUT2D eigenvalue weighted by atomic mass is 10.2. The Balaban J connectivity index is 1.82. The summed E-state index contributed by atoms with van der Waals surface area (Å²) in [6, 6.07) is 10.7. The molecule has 0 saturated heterocycles. The van der Waals surface area contributed by atoms with Crippen LogP contribution in [0.5, 0.6) is 0 Å². The number of carbonyl (C=O) groups excluding carboxylic acids is 1. The maximum absolute atomic E-state index is 12.5. The number of carbonyl (C=O) groups is 1. The Kier molecular flexibility index (Phi) is 4.22. The number of esters is 1. The molecule has 1 heterocycles. The number of aromatic amines is 1. The molecule has 3 rings (SSSR count). The second-order valence-corrected chi connectivity index (χ2v) is 6.67. The molecule has 0 fully saturated rings. The second kappa shape index (κ2) is 6.32. The summed E-state index contributed by atoms with van der Waals surface area (Å²) in [5, 5.41) is 0. The Morgan fingerprint density at radius 2 is 1.96 bits per heavy atom. The second-order valence-electron chi connectivity index (χ2n) is 4.98. The molecular formula is C16H15N3O4S. The van der Waals surface area contributed by atoms with Crippen molar-refractivity contribution in [2.75, 3.05) is 11.3 Å². The average molecular weight is 345 g/mol. The number of nitrogens with one attached hydrogen (secondary N) is 2. The number of ether oxygens (including phenoxy) is 1. The van der Waals surface area contributed by atoms with E-state index in [2.05, 4.69) is 14.7 Å². The van der Waals surface area contributed by atoms with Gasteiger partial charge in [0.2, 0.25) is 0 Å². The molecule has 1 aromatic heterocycles. The molecule has 0 saturated carbocycles. The predicted octanol–water partition coefficient (Wildman–Crippen LogP) is 2.54. The lowest BCUT2D eigenvalue weighted by molar-refractivity contribution is 0.0526. The maximum Gasteiger partial charge on any atom is 0.338 e.